The van der Waals surface area contributed by atoms with Gasteiger partial charge < -0.3 is 14.6 Å². The van der Waals surface area contributed by atoms with Crippen molar-refractivity contribution in [2.75, 3.05) is 6.61 Å². The summed E-state index contributed by atoms with van der Waals surface area (Å²) >= 11 is 0. The number of aromatic nitrogens is 4. The molecule has 0 atom stereocenters. The number of para-hydroxylation sites is 2. The van der Waals surface area contributed by atoms with Crippen molar-refractivity contribution in [3.63, 3.8) is 0 Å². The van der Waals surface area contributed by atoms with Crippen LogP contribution in [0.3, 0.4) is 0 Å². The highest BCUT2D eigenvalue weighted by molar-refractivity contribution is 5.92. The number of imidazole rings is 1. The summed E-state index contributed by atoms with van der Waals surface area (Å²) in [6, 6.07) is 9.74. The Balaban J connectivity index is 1.52. The van der Waals surface area contributed by atoms with E-state index in [0.717, 1.165) is 42.8 Å². The lowest BCUT2D eigenvalue weighted by Gasteiger charge is -2.13. The number of nitrogens with zero attached hydrogens (tertiary/aromatic N) is 4. The third-order valence-corrected chi connectivity index (χ3v) is 4.33. The summed E-state index contributed by atoms with van der Waals surface area (Å²) in [6.45, 7) is 4.84. The summed E-state index contributed by atoms with van der Waals surface area (Å²) in [4.78, 5) is 17.1. The van der Waals surface area contributed by atoms with E-state index in [4.69, 9.17) is 4.74 Å². The number of amides is 1. The molecule has 1 aliphatic rings. The Morgan fingerprint density at radius 1 is 1.36 bits per heavy atom. The molecule has 3 heterocycles. The summed E-state index contributed by atoms with van der Waals surface area (Å²) in [5.41, 5.74) is 2.43. The molecule has 130 valence electrons. The van der Waals surface area contributed by atoms with E-state index in [2.05, 4.69) is 33.0 Å². The first-order valence-electron chi connectivity index (χ1n) is 8.69. The van der Waals surface area contributed by atoms with Crippen molar-refractivity contribution in [3.05, 3.63) is 41.9 Å². The predicted molar refractivity (Wildman–Crippen MR) is 93.5 cm³/mol. The fourth-order valence-electron chi connectivity index (χ4n) is 3.16. The maximum atomic E-state index is 12.4. The molecule has 25 heavy (non-hydrogen) atoms. The van der Waals surface area contributed by atoms with E-state index < -0.39 is 0 Å². The molecule has 1 N–H and O–H groups in total. The van der Waals surface area contributed by atoms with Crippen molar-refractivity contribution in [1.82, 2.24) is 24.6 Å². The third kappa shape index (κ3) is 2.97. The Morgan fingerprint density at radius 3 is 3.08 bits per heavy atom. The Labute approximate surface area is 145 Å². The van der Waals surface area contributed by atoms with E-state index in [0.29, 0.717) is 24.7 Å². The lowest BCUT2D eigenvalue weighted by molar-refractivity contribution is 0.0943. The lowest BCUT2D eigenvalue weighted by Crippen LogP contribution is -2.25. The molecule has 0 saturated heterocycles. The van der Waals surface area contributed by atoms with E-state index in [1.165, 1.54) is 0 Å². The average molecular weight is 339 g/mol. The molecule has 3 aromatic rings. The predicted octanol–water partition coefficient (Wildman–Crippen LogP) is 2.36. The van der Waals surface area contributed by atoms with Gasteiger partial charge in [-0.2, -0.15) is 5.10 Å². The van der Waals surface area contributed by atoms with Gasteiger partial charge in [-0.05, 0) is 18.6 Å². The van der Waals surface area contributed by atoms with Crippen molar-refractivity contribution >= 4 is 16.9 Å². The zero-order chi connectivity index (χ0) is 17.2. The summed E-state index contributed by atoms with van der Waals surface area (Å²) < 4.78 is 9.42. The van der Waals surface area contributed by atoms with E-state index in [-0.39, 0.29) is 5.91 Å². The second kappa shape index (κ2) is 6.58. The number of hydrogen-bond acceptors (Lipinski definition) is 4. The van der Waals surface area contributed by atoms with E-state index in [1.807, 2.05) is 18.2 Å². The van der Waals surface area contributed by atoms with Gasteiger partial charge in [-0.1, -0.05) is 19.1 Å². The molecule has 1 amide bonds. The van der Waals surface area contributed by atoms with E-state index >= 15 is 0 Å². The van der Waals surface area contributed by atoms with Crippen LogP contribution in [0.25, 0.3) is 11.0 Å². The quantitative estimate of drug-likeness (QED) is 0.774. The molecule has 0 spiro atoms. The zero-order valence-corrected chi connectivity index (χ0v) is 14.2. The number of nitrogens with one attached hydrogen (secondary N) is 1. The van der Waals surface area contributed by atoms with Gasteiger partial charge in [-0.3, -0.25) is 4.79 Å². The number of carbonyl (C=O) groups is 1. The highest BCUT2D eigenvalue weighted by atomic mass is 16.5. The molecule has 7 nitrogen and oxygen atoms in total. The molecular weight excluding hydrogens is 318 g/mol. The summed E-state index contributed by atoms with van der Waals surface area (Å²) in [5, 5.41) is 7.25. The summed E-state index contributed by atoms with van der Waals surface area (Å²) in [7, 11) is 0. The van der Waals surface area contributed by atoms with Gasteiger partial charge in [0, 0.05) is 25.6 Å². The van der Waals surface area contributed by atoms with Gasteiger partial charge in [-0.15, -0.1) is 0 Å². The van der Waals surface area contributed by atoms with Crippen molar-refractivity contribution in [2.24, 2.45) is 0 Å². The fourth-order valence-corrected chi connectivity index (χ4v) is 3.16. The van der Waals surface area contributed by atoms with Crippen LogP contribution in [-0.2, 0) is 19.6 Å². The number of rotatable bonds is 5. The Hall–Kier alpha value is -2.83. The third-order valence-electron chi connectivity index (χ3n) is 4.33. The van der Waals surface area contributed by atoms with Crippen molar-refractivity contribution in [3.8, 4) is 5.88 Å². The van der Waals surface area contributed by atoms with Crippen LogP contribution in [-0.4, -0.2) is 31.8 Å². The molecule has 0 aliphatic carbocycles. The van der Waals surface area contributed by atoms with Gasteiger partial charge in [0.2, 0.25) is 5.88 Å². The number of benzene rings is 1. The summed E-state index contributed by atoms with van der Waals surface area (Å²) in [5.74, 6) is 1.31. The molecule has 0 saturated carbocycles. The van der Waals surface area contributed by atoms with Gasteiger partial charge in [0.05, 0.1) is 24.2 Å². The number of hydrogen-bond donors (Lipinski definition) is 1. The van der Waals surface area contributed by atoms with Crippen molar-refractivity contribution < 1.29 is 9.53 Å². The zero-order valence-electron chi connectivity index (χ0n) is 14.2. The average Bonchev–Trinajstić information content (AvgIpc) is 3.22. The van der Waals surface area contributed by atoms with E-state index in [1.54, 1.807) is 10.7 Å². The monoisotopic (exact) mass is 339 g/mol. The van der Waals surface area contributed by atoms with Crippen LogP contribution >= 0.6 is 0 Å². The van der Waals surface area contributed by atoms with Crippen LogP contribution < -0.4 is 10.1 Å². The van der Waals surface area contributed by atoms with Crippen LogP contribution in [0.2, 0.25) is 0 Å². The molecule has 0 bridgehead atoms. The smallest absolute Gasteiger partial charge is 0.272 e. The lowest BCUT2D eigenvalue weighted by atomic mass is 10.3. The molecule has 0 unspecified atom stereocenters. The molecule has 1 aliphatic heterocycles. The number of carbonyl (C=O) groups excluding carboxylic acids is 1. The Kier molecular flexibility index (Phi) is 4.13. The molecule has 2 aromatic heterocycles. The van der Waals surface area contributed by atoms with Crippen LogP contribution in [0, 0.1) is 0 Å². The minimum atomic E-state index is -0.208. The van der Waals surface area contributed by atoms with Crippen LogP contribution in [0.1, 0.15) is 36.1 Å². The molecule has 0 fully saturated rings. The van der Waals surface area contributed by atoms with Crippen LogP contribution in [0.15, 0.2) is 30.3 Å². The molecule has 7 heteroatoms. The standard InChI is InChI=1S/C18H21N5O2/c1-2-8-22-15-7-4-3-6-13(15)20-16(22)12-19-18(24)14-11-17-23(21-14)9-5-10-25-17/h3-4,6-7,11H,2,5,8-10,12H2,1H3,(H,19,24). The van der Waals surface area contributed by atoms with Crippen LogP contribution in [0.4, 0.5) is 0 Å². The Morgan fingerprint density at radius 2 is 2.24 bits per heavy atom. The van der Waals surface area contributed by atoms with Gasteiger partial charge in [0.25, 0.3) is 5.91 Å². The maximum Gasteiger partial charge on any atom is 0.272 e. The minimum absolute atomic E-state index is 0.208. The van der Waals surface area contributed by atoms with Crippen LogP contribution in [0.5, 0.6) is 5.88 Å². The van der Waals surface area contributed by atoms with Crippen molar-refractivity contribution in [2.45, 2.75) is 39.4 Å². The molecule has 4 rings (SSSR count). The van der Waals surface area contributed by atoms with Gasteiger partial charge >= 0.3 is 0 Å². The van der Waals surface area contributed by atoms with Gasteiger partial charge in [0.1, 0.15) is 5.82 Å². The largest absolute Gasteiger partial charge is 0.478 e. The van der Waals surface area contributed by atoms with Gasteiger partial charge in [-0.25, -0.2) is 9.67 Å². The Bertz CT molecular complexity index is 888. The van der Waals surface area contributed by atoms with Gasteiger partial charge in [0.15, 0.2) is 5.69 Å². The highest BCUT2D eigenvalue weighted by Gasteiger charge is 2.18. The molecule has 0 radical (unpaired) electrons. The summed E-state index contributed by atoms with van der Waals surface area (Å²) in [6.07, 6.45) is 1.92. The minimum Gasteiger partial charge on any atom is -0.478 e. The maximum absolute atomic E-state index is 12.4. The SMILES string of the molecule is CCCn1c(CNC(=O)c2cc3n(n2)CCCO3)nc2ccccc21. The second-order valence-corrected chi connectivity index (χ2v) is 6.14. The molecular formula is C18H21N5O2. The second-order valence-electron chi connectivity index (χ2n) is 6.14. The van der Waals surface area contributed by atoms with Crippen molar-refractivity contribution in [1.29, 1.82) is 0 Å². The topological polar surface area (TPSA) is 74.0 Å². The normalized spacial score (nSPS) is 13.5. The first-order valence-corrected chi connectivity index (χ1v) is 8.69. The number of ether oxygens (including phenoxy) is 1. The first-order chi connectivity index (χ1) is 12.3. The fraction of sp³-hybridized carbons (Fsp3) is 0.389. The number of fused-ring (bicyclic) bond motifs is 2. The van der Waals surface area contributed by atoms with E-state index in [9.17, 15) is 4.79 Å². The highest BCUT2D eigenvalue weighted by Crippen LogP contribution is 2.19. The first kappa shape index (κ1) is 15.7. The number of aryl methyl sites for hydroxylation is 2. The molecule has 1 aromatic carbocycles.